The molecule has 1 amide bonds. The fourth-order valence-electron chi connectivity index (χ4n) is 3.35. The summed E-state index contributed by atoms with van der Waals surface area (Å²) in [6.07, 6.45) is 0. The highest BCUT2D eigenvalue weighted by Gasteiger charge is 2.23. The third kappa shape index (κ3) is 5.29. The zero-order chi connectivity index (χ0) is 25.0. The van der Waals surface area contributed by atoms with Crippen molar-refractivity contribution in [2.45, 2.75) is 29.7 Å². The standard InChI is InChI=1S/C24H21N5O4S2/c1-16-17(2)33-23(20(16)13-25)26-22(30)14-34-24-28-27-21(29(24)18-9-5-3-6-10-18)15-35(31,32)19-11-7-4-8-12-19/h3-12H,14-15H2,1-2H3,(H,26,30). The van der Waals surface area contributed by atoms with Gasteiger partial charge in [-0.2, -0.15) is 5.26 Å². The molecule has 0 fully saturated rings. The molecule has 0 atom stereocenters. The van der Waals surface area contributed by atoms with Gasteiger partial charge in [-0.05, 0) is 38.1 Å². The first-order valence-electron chi connectivity index (χ1n) is 10.5. The van der Waals surface area contributed by atoms with Crippen molar-refractivity contribution in [1.29, 1.82) is 5.26 Å². The summed E-state index contributed by atoms with van der Waals surface area (Å²) in [6.45, 7) is 3.46. The van der Waals surface area contributed by atoms with Gasteiger partial charge in [0.25, 0.3) is 0 Å². The number of carbonyl (C=O) groups is 1. The number of thioether (sulfide) groups is 1. The molecule has 1 N–H and O–H groups in total. The van der Waals surface area contributed by atoms with E-state index in [-0.39, 0.29) is 33.7 Å². The van der Waals surface area contributed by atoms with Crippen LogP contribution in [0.4, 0.5) is 5.88 Å². The molecule has 4 rings (SSSR count). The van der Waals surface area contributed by atoms with Gasteiger partial charge in [0.05, 0.1) is 10.6 Å². The number of sulfone groups is 1. The van der Waals surface area contributed by atoms with Crippen LogP contribution in [0.2, 0.25) is 0 Å². The zero-order valence-corrected chi connectivity index (χ0v) is 20.6. The first-order valence-corrected chi connectivity index (χ1v) is 13.1. The van der Waals surface area contributed by atoms with E-state index < -0.39 is 15.7 Å². The summed E-state index contributed by atoms with van der Waals surface area (Å²) in [6, 6.07) is 19.3. The Morgan fingerprint density at radius 3 is 2.40 bits per heavy atom. The maximum Gasteiger partial charge on any atom is 0.237 e. The number of aromatic nitrogens is 3. The fraction of sp³-hybridized carbons (Fsp3) is 0.167. The van der Waals surface area contributed by atoms with E-state index in [0.717, 1.165) is 11.8 Å². The molecule has 0 saturated carbocycles. The van der Waals surface area contributed by atoms with E-state index >= 15 is 0 Å². The van der Waals surface area contributed by atoms with Crippen LogP contribution >= 0.6 is 11.8 Å². The number of hydrogen-bond donors (Lipinski definition) is 1. The summed E-state index contributed by atoms with van der Waals surface area (Å²) in [5.74, 6) is 0.0700. The fourth-order valence-corrected chi connectivity index (χ4v) is 5.38. The highest BCUT2D eigenvalue weighted by atomic mass is 32.2. The summed E-state index contributed by atoms with van der Waals surface area (Å²) in [5.41, 5.74) is 1.62. The first-order chi connectivity index (χ1) is 16.8. The molecule has 0 spiro atoms. The van der Waals surface area contributed by atoms with Crippen LogP contribution < -0.4 is 5.32 Å². The molecule has 4 aromatic rings. The van der Waals surface area contributed by atoms with Gasteiger partial charge in [-0.15, -0.1) is 10.2 Å². The number of carbonyl (C=O) groups excluding carboxylic acids is 1. The molecule has 2 aromatic carbocycles. The molecule has 2 aromatic heterocycles. The van der Waals surface area contributed by atoms with Crippen LogP contribution in [0.3, 0.4) is 0 Å². The van der Waals surface area contributed by atoms with Gasteiger partial charge in [0.2, 0.25) is 11.8 Å². The van der Waals surface area contributed by atoms with E-state index in [1.807, 2.05) is 24.3 Å². The van der Waals surface area contributed by atoms with Gasteiger partial charge in [0.15, 0.2) is 20.8 Å². The molecule has 0 aliphatic rings. The van der Waals surface area contributed by atoms with E-state index in [9.17, 15) is 18.5 Å². The van der Waals surface area contributed by atoms with Crippen molar-refractivity contribution < 1.29 is 17.6 Å². The molecular weight excluding hydrogens is 486 g/mol. The Morgan fingerprint density at radius 2 is 1.74 bits per heavy atom. The molecule has 0 aliphatic heterocycles. The molecule has 178 valence electrons. The predicted octanol–water partition coefficient (Wildman–Crippen LogP) is 4.05. The van der Waals surface area contributed by atoms with E-state index in [1.165, 1.54) is 12.1 Å². The normalized spacial score (nSPS) is 11.2. The minimum atomic E-state index is -3.67. The van der Waals surface area contributed by atoms with Crippen LogP contribution in [0.1, 0.15) is 22.7 Å². The monoisotopic (exact) mass is 507 g/mol. The minimum absolute atomic E-state index is 0.0555. The third-order valence-corrected chi connectivity index (χ3v) is 7.78. The molecule has 0 unspecified atom stereocenters. The van der Waals surface area contributed by atoms with Crippen LogP contribution in [-0.2, 0) is 20.4 Å². The second-order valence-electron chi connectivity index (χ2n) is 7.58. The molecule has 0 saturated heterocycles. The Hall–Kier alpha value is -3.88. The number of nitrogens with one attached hydrogen (secondary N) is 1. The highest BCUT2D eigenvalue weighted by Crippen LogP contribution is 2.27. The molecule has 35 heavy (non-hydrogen) atoms. The van der Waals surface area contributed by atoms with Crippen molar-refractivity contribution in [3.63, 3.8) is 0 Å². The quantitative estimate of drug-likeness (QED) is 0.353. The number of furan rings is 1. The van der Waals surface area contributed by atoms with Crippen molar-refractivity contribution in [2.75, 3.05) is 11.1 Å². The van der Waals surface area contributed by atoms with Crippen molar-refractivity contribution in [1.82, 2.24) is 14.8 Å². The van der Waals surface area contributed by atoms with Crippen LogP contribution in [-0.4, -0.2) is 34.8 Å². The number of hydrogen-bond acceptors (Lipinski definition) is 8. The third-order valence-electron chi connectivity index (χ3n) is 5.22. The molecule has 0 bridgehead atoms. The number of para-hydroxylation sites is 1. The van der Waals surface area contributed by atoms with E-state index in [1.54, 1.807) is 48.7 Å². The van der Waals surface area contributed by atoms with Gasteiger partial charge in [-0.25, -0.2) is 8.42 Å². The zero-order valence-electron chi connectivity index (χ0n) is 18.9. The Morgan fingerprint density at radius 1 is 1.09 bits per heavy atom. The van der Waals surface area contributed by atoms with Gasteiger partial charge in [-0.1, -0.05) is 48.2 Å². The average molecular weight is 508 g/mol. The Kier molecular flexibility index (Phi) is 7.04. The van der Waals surface area contributed by atoms with Crippen molar-refractivity contribution in [3.8, 4) is 11.8 Å². The second-order valence-corrected chi connectivity index (χ2v) is 10.5. The van der Waals surface area contributed by atoms with Crippen LogP contribution in [0, 0.1) is 25.2 Å². The lowest BCUT2D eigenvalue weighted by molar-refractivity contribution is -0.113. The lowest BCUT2D eigenvalue weighted by atomic mass is 10.2. The molecule has 11 heteroatoms. The average Bonchev–Trinajstić information content (AvgIpc) is 3.37. The Bertz CT molecular complexity index is 1500. The van der Waals surface area contributed by atoms with Crippen LogP contribution in [0.25, 0.3) is 5.69 Å². The number of nitriles is 1. The number of amides is 1. The summed E-state index contributed by atoms with van der Waals surface area (Å²) in [7, 11) is -3.67. The maximum atomic E-state index is 13.0. The first kappa shape index (κ1) is 24.3. The molecule has 0 radical (unpaired) electrons. The van der Waals surface area contributed by atoms with E-state index in [2.05, 4.69) is 15.5 Å². The van der Waals surface area contributed by atoms with E-state index in [0.29, 0.717) is 22.2 Å². The predicted molar refractivity (Wildman–Crippen MR) is 131 cm³/mol. The number of nitrogens with zero attached hydrogens (tertiary/aromatic N) is 4. The van der Waals surface area contributed by atoms with Gasteiger partial charge in [0, 0.05) is 11.3 Å². The molecule has 2 heterocycles. The molecular formula is C24H21N5O4S2. The van der Waals surface area contributed by atoms with Gasteiger partial charge >= 0.3 is 0 Å². The Labute approximate surface area is 206 Å². The number of benzene rings is 2. The van der Waals surface area contributed by atoms with Crippen LogP contribution in [0.15, 0.2) is 75.1 Å². The molecule has 9 nitrogen and oxygen atoms in total. The van der Waals surface area contributed by atoms with Gasteiger partial charge < -0.3 is 4.42 Å². The number of anilines is 1. The largest absolute Gasteiger partial charge is 0.444 e. The second kappa shape index (κ2) is 10.2. The van der Waals surface area contributed by atoms with Crippen LogP contribution in [0.5, 0.6) is 0 Å². The lowest BCUT2D eigenvalue weighted by Crippen LogP contribution is -2.15. The van der Waals surface area contributed by atoms with Gasteiger partial charge in [0.1, 0.15) is 23.1 Å². The summed E-state index contributed by atoms with van der Waals surface area (Å²) in [5, 5.41) is 20.6. The minimum Gasteiger partial charge on any atom is -0.444 e. The maximum absolute atomic E-state index is 13.0. The van der Waals surface area contributed by atoms with E-state index in [4.69, 9.17) is 4.42 Å². The molecule has 0 aliphatic carbocycles. The number of aryl methyl sites for hydroxylation is 1. The van der Waals surface area contributed by atoms with Crippen molar-refractivity contribution >= 4 is 33.4 Å². The Balaban J connectivity index is 1.58. The van der Waals surface area contributed by atoms with Crippen molar-refractivity contribution in [3.05, 3.63) is 83.4 Å². The SMILES string of the molecule is Cc1oc(NC(=O)CSc2nnc(CS(=O)(=O)c3ccccc3)n2-c2ccccc2)c(C#N)c1C. The van der Waals surface area contributed by atoms with Gasteiger partial charge in [-0.3, -0.25) is 14.7 Å². The lowest BCUT2D eigenvalue weighted by Gasteiger charge is -2.10. The smallest absolute Gasteiger partial charge is 0.237 e. The highest BCUT2D eigenvalue weighted by molar-refractivity contribution is 7.99. The van der Waals surface area contributed by atoms with Crippen molar-refractivity contribution in [2.24, 2.45) is 0 Å². The topological polar surface area (TPSA) is 131 Å². The number of rotatable bonds is 8. The summed E-state index contributed by atoms with van der Waals surface area (Å²) >= 11 is 1.09. The summed E-state index contributed by atoms with van der Waals surface area (Å²) in [4.78, 5) is 12.8. The summed E-state index contributed by atoms with van der Waals surface area (Å²) < 4.78 is 33.0.